The van der Waals surface area contributed by atoms with Gasteiger partial charge in [-0.1, -0.05) is 36.4 Å². The Kier molecular flexibility index (Phi) is 9.98. The predicted octanol–water partition coefficient (Wildman–Crippen LogP) is 0.503. The molecule has 10 nitrogen and oxygen atoms in total. The van der Waals surface area contributed by atoms with Crippen molar-refractivity contribution in [3.63, 3.8) is 0 Å². The summed E-state index contributed by atoms with van der Waals surface area (Å²) in [6.45, 7) is 6.07. The second-order valence-electron chi connectivity index (χ2n) is 7.69. The van der Waals surface area contributed by atoms with E-state index < -0.39 is 21.4 Å². The molecule has 0 bridgehead atoms. The third kappa shape index (κ3) is 6.63. The van der Waals surface area contributed by atoms with Crippen molar-refractivity contribution in [2.24, 2.45) is 0 Å². The highest BCUT2D eigenvalue weighted by atomic mass is 16.6. The van der Waals surface area contributed by atoms with E-state index in [4.69, 9.17) is 23.4 Å². The number of para-hydroxylation sites is 3. The smallest absolute Gasteiger partial charge is 0.481 e. The van der Waals surface area contributed by atoms with Crippen LogP contribution in [0.1, 0.15) is 20.8 Å². The number of benzene rings is 3. The van der Waals surface area contributed by atoms with Gasteiger partial charge in [-0.15, -0.1) is 0 Å². The quantitative estimate of drug-likeness (QED) is 0.206. The van der Waals surface area contributed by atoms with Crippen LogP contribution in [0.4, 0.5) is 0 Å². The van der Waals surface area contributed by atoms with Gasteiger partial charge in [0.1, 0.15) is 0 Å². The first-order chi connectivity index (χ1) is 17.8. The Morgan fingerprint density at radius 3 is 1.22 bits per heavy atom. The Balaban J connectivity index is 1.98. The van der Waals surface area contributed by atoms with E-state index in [0.717, 1.165) is 0 Å². The number of rotatable bonds is 13. The highest BCUT2D eigenvalue weighted by Gasteiger charge is 2.38. The molecule has 0 spiro atoms. The number of phenols is 3. The van der Waals surface area contributed by atoms with Crippen molar-refractivity contribution in [2.45, 2.75) is 20.8 Å². The molecular weight excluding hydrogens is 481 g/mol. The van der Waals surface area contributed by atoms with Gasteiger partial charge in [0.05, 0.1) is 19.8 Å². The molecule has 0 saturated heterocycles. The number of hydrogen-bond acceptors (Lipinski definition) is 10. The van der Waals surface area contributed by atoms with Gasteiger partial charge in [-0.05, 0) is 39.0 Å². The maximum absolute atomic E-state index is 10.9. The van der Waals surface area contributed by atoms with Crippen molar-refractivity contribution in [2.75, 3.05) is 19.8 Å². The van der Waals surface area contributed by atoms with Crippen molar-refractivity contribution < 1.29 is 48.7 Å². The third-order valence-corrected chi connectivity index (χ3v) is 5.28. The van der Waals surface area contributed by atoms with Gasteiger partial charge >= 0.3 is 21.4 Å². The molecular formula is C24H29B3O10. The van der Waals surface area contributed by atoms with Gasteiger partial charge in [0.2, 0.25) is 0 Å². The lowest BCUT2D eigenvalue weighted by atomic mass is 9.66. The van der Waals surface area contributed by atoms with E-state index in [0.29, 0.717) is 0 Å². The van der Waals surface area contributed by atoms with Crippen LogP contribution in [0.25, 0.3) is 0 Å². The summed E-state index contributed by atoms with van der Waals surface area (Å²) in [5.74, 6) is -0.620. The molecule has 0 aliphatic carbocycles. The van der Waals surface area contributed by atoms with Gasteiger partial charge in [0.25, 0.3) is 0 Å². The zero-order chi connectivity index (χ0) is 26.9. The predicted molar refractivity (Wildman–Crippen MR) is 141 cm³/mol. The van der Waals surface area contributed by atoms with Gasteiger partial charge in [0, 0.05) is 16.4 Å². The molecule has 194 valence electrons. The van der Waals surface area contributed by atoms with Crippen LogP contribution in [0.2, 0.25) is 0 Å². The maximum atomic E-state index is 10.9. The number of ether oxygens (including phenoxy) is 3. The number of aromatic hydroxyl groups is 3. The molecule has 3 rings (SSSR count). The van der Waals surface area contributed by atoms with Crippen LogP contribution in [0, 0.1) is 0 Å². The number of hydrogen-bond donors (Lipinski definition) is 5. The highest BCUT2D eigenvalue weighted by Crippen LogP contribution is 2.27. The van der Waals surface area contributed by atoms with Crippen LogP contribution in [0.5, 0.6) is 34.5 Å². The molecule has 3 aromatic rings. The van der Waals surface area contributed by atoms with E-state index in [1.54, 1.807) is 39.0 Å². The van der Waals surface area contributed by atoms with E-state index >= 15 is 0 Å². The molecule has 0 heterocycles. The Labute approximate surface area is 216 Å². The van der Waals surface area contributed by atoms with Crippen molar-refractivity contribution in [1.82, 2.24) is 0 Å². The second-order valence-corrected chi connectivity index (χ2v) is 7.69. The standard InChI is InChI=1S/C24H29B3O10/c1-4-33-19-13-7-10-16(22(19)28)25(31)36-27(18-12-9-15-21(24(18)30)35-6-3)37-26(32)17-11-8-14-20(23(17)29)34-5-2/h7-15,28-32H,4-6H2,1-3H3. The molecule has 0 fully saturated rings. The Hall–Kier alpha value is -3.51. The van der Waals surface area contributed by atoms with Crippen molar-refractivity contribution >= 4 is 37.7 Å². The van der Waals surface area contributed by atoms with Gasteiger partial charge in [-0.2, -0.15) is 0 Å². The van der Waals surface area contributed by atoms with Crippen molar-refractivity contribution in [3.05, 3.63) is 54.6 Å². The SMILES string of the molecule is CCOc1cccc(B(O)OB(OB(O)c2cccc(OCC)c2O)c2cccc(OCC)c2O)c1O. The first kappa shape index (κ1) is 28.1. The minimum Gasteiger partial charge on any atom is -0.505 e. The van der Waals surface area contributed by atoms with E-state index in [1.807, 2.05) is 0 Å². The van der Waals surface area contributed by atoms with E-state index in [9.17, 15) is 25.4 Å². The monoisotopic (exact) mass is 510 g/mol. The van der Waals surface area contributed by atoms with Crippen LogP contribution < -0.4 is 30.6 Å². The first-order valence-corrected chi connectivity index (χ1v) is 11.8. The van der Waals surface area contributed by atoms with Crippen LogP contribution in [0.3, 0.4) is 0 Å². The molecule has 0 amide bonds. The number of phenolic OH excluding ortho intramolecular Hbond substituents is 3. The summed E-state index contributed by atoms with van der Waals surface area (Å²) in [4.78, 5) is 0. The molecule has 37 heavy (non-hydrogen) atoms. The van der Waals surface area contributed by atoms with Gasteiger partial charge in [0.15, 0.2) is 34.5 Å². The van der Waals surface area contributed by atoms with Crippen molar-refractivity contribution in [3.8, 4) is 34.5 Å². The summed E-state index contributed by atoms with van der Waals surface area (Å²) in [6.07, 6.45) is 0. The summed E-state index contributed by atoms with van der Waals surface area (Å²) in [6, 6.07) is 13.6. The normalized spacial score (nSPS) is 10.6. The molecule has 5 N–H and O–H groups in total. The second kappa shape index (κ2) is 13.2. The fourth-order valence-electron chi connectivity index (χ4n) is 3.58. The minimum absolute atomic E-state index is 0.0185. The topological polar surface area (TPSA) is 147 Å². The molecule has 0 aliphatic heterocycles. The molecule has 0 saturated carbocycles. The van der Waals surface area contributed by atoms with Gasteiger partial charge in [-0.3, -0.25) is 0 Å². The van der Waals surface area contributed by atoms with E-state index in [-0.39, 0.29) is 70.7 Å². The fourth-order valence-corrected chi connectivity index (χ4v) is 3.58. The summed E-state index contributed by atoms with van der Waals surface area (Å²) in [7, 11) is -5.12. The molecule has 0 atom stereocenters. The molecule has 0 unspecified atom stereocenters. The lowest BCUT2D eigenvalue weighted by Crippen LogP contribution is -2.51. The third-order valence-electron chi connectivity index (χ3n) is 5.28. The van der Waals surface area contributed by atoms with Crippen LogP contribution >= 0.6 is 0 Å². The zero-order valence-electron chi connectivity index (χ0n) is 20.8. The Morgan fingerprint density at radius 1 is 0.541 bits per heavy atom. The van der Waals surface area contributed by atoms with Crippen LogP contribution in [-0.4, -0.2) is 66.5 Å². The Bertz CT molecular complexity index is 1120. The average molecular weight is 510 g/mol. The first-order valence-electron chi connectivity index (χ1n) is 11.8. The summed E-state index contributed by atoms with van der Waals surface area (Å²) < 4.78 is 27.5. The summed E-state index contributed by atoms with van der Waals surface area (Å²) in [5, 5.41) is 53.6. The molecule has 0 aromatic heterocycles. The van der Waals surface area contributed by atoms with E-state index in [1.165, 1.54) is 36.4 Å². The zero-order valence-corrected chi connectivity index (χ0v) is 20.8. The highest BCUT2D eigenvalue weighted by molar-refractivity contribution is 6.80. The lowest BCUT2D eigenvalue weighted by molar-refractivity contribution is 0.314. The average Bonchev–Trinajstić information content (AvgIpc) is 2.87. The van der Waals surface area contributed by atoms with E-state index in [2.05, 4.69) is 0 Å². The molecule has 0 radical (unpaired) electrons. The maximum Gasteiger partial charge on any atom is 0.481 e. The van der Waals surface area contributed by atoms with Crippen LogP contribution in [-0.2, 0) is 9.14 Å². The molecule has 13 heteroatoms. The largest absolute Gasteiger partial charge is 0.505 e. The summed E-state index contributed by atoms with van der Waals surface area (Å²) >= 11 is 0. The van der Waals surface area contributed by atoms with Crippen molar-refractivity contribution in [1.29, 1.82) is 0 Å². The van der Waals surface area contributed by atoms with Gasteiger partial charge in [-0.25, -0.2) is 0 Å². The fraction of sp³-hybridized carbons (Fsp3) is 0.250. The lowest BCUT2D eigenvalue weighted by Gasteiger charge is -2.22. The van der Waals surface area contributed by atoms with Gasteiger partial charge < -0.3 is 48.7 Å². The minimum atomic E-state index is -1.77. The van der Waals surface area contributed by atoms with Crippen LogP contribution in [0.15, 0.2) is 54.6 Å². The molecule has 3 aromatic carbocycles. The Morgan fingerprint density at radius 2 is 0.865 bits per heavy atom. The molecule has 0 aliphatic rings. The summed E-state index contributed by atoms with van der Waals surface area (Å²) in [5.41, 5.74) is -0.0451.